The van der Waals surface area contributed by atoms with Crippen LogP contribution in [-0.4, -0.2) is 25.2 Å². The van der Waals surface area contributed by atoms with Crippen molar-refractivity contribution in [2.75, 3.05) is 0 Å². The highest BCUT2D eigenvalue weighted by Gasteiger charge is 2.19. The van der Waals surface area contributed by atoms with Crippen molar-refractivity contribution in [3.63, 3.8) is 0 Å². The fourth-order valence-corrected chi connectivity index (χ4v) is 8.35. The number of aryl methyl sites for hydroxylation is 2. The topological polar surface area (TPSA) is 40.5 Å². The molecule has 0 fully saturated rings. The Morgan fingerprint density at radius 1 is 0.404 bits per heavy atom. The quantitative estimate of drug-likeness (QED) is 0.176. The van der Waals surface area contributed by atoms with Gasteiger partial charge in [0.25, 0.3) is 0 Å². The Labute approximate surface area is 386 Å². The van der Waals surface area contributed by atoms with Gasteiger partial charge in [-0.1, -0.05) is 185 Å². The van der Waals surface area contributed by atoms with Crippen molar-refractivity contribution >= 4 is 86.0 Å². The molecular weight excluding hydrogens is 979 g/mol. The monoisotopic (exact) mass is 1050 g/mol. The summed E-state index contributed by atoms with van der Waals surface area (Å²) in [7, 11) is -2.61. The number of benzene rings is 5. The normalized spacial score (nSPS) is 9.53. The molecule has 5 aromatic rings. The van der Waals surface area contributed by atoms with Crippen molar-refractivity contribution in [1.82, 2.24) is 0 Å². The van der Waals surface area contributed by atoms with Gasteiger partial charge in [-0.05, 0) is 141 Å². The Kier molecular flexibility index (Phi) is 32.3. The lowest BCUT2D eigenvalue weighted by Crippen LogP contribution is -2.37. The van der Waals surface area contributed by atoms with Crippen LogP contribution in [0.3, 0.4) is 0 Å². The van der Waals surface area contributed by atoms with Gasteiger partial charge in [-0.3, -0.25) is 0 Å². The third kappa shape index (κ3) is 16.7. The molecule has 0 saturated heterocycles. The van der Waals surface area contributed by atoms with Crippen LogP contribution in [0, 0.1) is 69.2 Å². The molecule has 2 N–H and O–H groups in total. The summed E-state index contributed by atoms with van der Waals surface area (Å²) in [6.07, 6.45) is 0. The average molecular weight is 1060 g/mol. The molecule has 0 saturated carbocycles. The van der Waals surface area contributed by atoms with Crippen LogP contribution in [0.2, 0.25) is 19.6 Å². The van der Waals surface area contributed by atoms with Crippen molar-refractivity contribution in [2.45, 2.75) is 133 Å². The van der Waals surface area contributed by atoms with Crippen molar-refractivity contribution in [3.05, 3.63) is 137 Å². The molecule has 0 bridgehead atoms. The summed E-state index contributed by atoms with van der Waals surface area (Å²) in [6, 6.07) is 25.4. The third-order valence-electron chi connectivity index (χ3n) is 9.82. The first-order valence-electron chi connectivity index (χ1n) is 17.0. The van der Waals surface area contributed by atoms with E-state index in [0.29, 0.717) is 5.46 Å². The minimum Gasteiger partial charge on any atom is -0.423 e. The lowest BCUT2D eigenvalue weighted by atomic mass is 9.80. The smallest absolute Gasteiger partial charge is 0.423 e. The van der Waals surface area contributed by atoms with Crippen LogP contribution in [0.4, 0.5) is 0 Å². The Morgan fingerprint density at radius 3 is 0.895 bits per heavy atom. The molecule has 57 heavy (non-hydrogen) atoms. The van der Waals surface area contributed by atoms with E-state index in [1.807, 2.05) is 19.1 Å². The molecule has 0 unspecified atom stereocenters. The molecule has 5 aromatic carbocycles. The van der Waals surface area contributed by atoms with Gasteiger partial charge in [-0.15, -0.1) is 0 Å². The Morgan fingerprint density at radius 2 is 0.649 bits per heavy atom. The summed E-state index contributed by atoms with van der Waals surface area (Å²) in [5.41, 5.74) is 19.3. The minimum atomic E-state index is -1.35. The second kappa shape index (κ2) is 28.6. The first-order valence-corrected chi connectivity index (χ1v) is 25.8. The molecule has 0 heterocycles. The van der Waals surface area contributed by atoms with E-state index in [9.17, 15) is 0 Å². The zero-order valence-corrected chi connectivity index (χ0v) is 39.8. The number of halogens is 4. The van der Waals surface area contributed by atoms with Gasteiger partial charge in [0.1, 0.15) is 0 Å². The lowest BCUT2D eigenvalue weighted by Gasteiger charge is -2.22. The molecule has 8 heteroatoms. The summed E-state index contributed by atoms with van der Waals surface area (Å²) in [5, 5.41) is 18.9. The van der Waals surface area contributed by atoms with E-state index in [2.05, 4.69) is 191 Å². The molecule has 0 aliphatic carbocycles. The highest BCUT2D eigenvalue weighted by atomic mass is 80.9. The summed E-state index contributed by atoms with van der Waals surface area (Å²) in [5.74, 6) is 0. The largest absolute Gasteiger partial charge is 0.488 e. The van der Waals surface area contributed by atoms with Gasteiger partial charge >= 0.3 is 7.12 Å². The van der Waals surface area contributed by atoms with E-state index in [4.69, 9.17) is 10.0 Å². The van der Waals surface area contributed by atoms with Crippen LogP contribution >= 0.6 is 60.1 Å². The summed E-state index contributed by atoms with van der Waals surface area (Å²) >= 11 is 12.7. The first-order chi connectivity index (χ1) is 23.8. The van der Waals surface area contributed by atoms with Gasteiger partial charge in [0.05, 0.1) is 8.07 Å². The maximum atomic E-state index is 8.67. The highest BCUT2D eigenvalue weighted by molar-refractivity contribution is 9.93. The molecule has 0 amide bonds. The SMILES string of the molecule is BrBr.C.C.C.C.C.C.Cc1c(C)c(Br)c(C)c(C)c1Br.Cc1ccc(-c2c(C)c(C)c(-c3ccc([Si](C)(C)C)cc3)c(C)c2C)cc1.Cc1ccc(B(O)O)cc1. The predicted molar refractivity (Wildman–Crippen MR) is 284 cm³/mol. The van der Waals surface area contributed by atoms with Crippen molar-refractivity contribution in [1.29, 1.82) is 0 Å². The lowest BCUT2D eigenvalue weighted by molar-refractivity contribution is 0.426. The molecule has 0 aliphatic heterocycles. The van der Waals surface area contributed by atoms with E-state index in [1.54, 1.807) is 12.1 Å². The molecule has 0 aliphatic rings. The van der Waals surface area contributed by atoms with Gasteiger partial charge < -0.3 is 10.0 Å². The summed E-state index contributed by atoms with van der Waals surface area (Å²) in [4.78, 5) is 0. The number of hydrogen-bond donors (Lipinski definition) is 2. The Bertz CT molecular complexity index is 1780. The Balaban J connectivity index is -0.000000254. The minimum absolute atomic E-state index is 0. The first kappa shape index (κ1) is 64.4. The second-order valence-corrected chi connectivity index (χ2v) is 21.0. The number of rotatable bonds is 4. The zero-order valence-electron chi connectivity index (χ0n) is 32.4. The summed E-state index contributed by atoms with van der Waals surface area (Å²) < 4.78 is 2.47. The van der Waals surface area contributed by atoms with Gasteiger partial charge in [0, 0.05) is 37.2 Å². The van der Waals surface area contributed by atoms with Crippen LogP contribution in [0.15, 0.2) is 81.7 Å². The van der Waals surface area contributed by atoms with E-state index >= 15 is 0 Å². The Hall–Kier alpha value is -1.78. The molecule has 0 radical (unpaired) electrons. The molecule has 0 atom stereocenters. The van der Waals surface area contributed by atoms with E-state index in [-0.39, 0.29) is 44.6 Å². The van der Waals surface area contributed by atoms with Crippen LogP contribution in [-0.2, 0) is 0 Å². The molecule has 0 aromatic heterocycles. The van der Waals surface area contributed by atoms with Crippen molar-refractivity contribution in [2.24, 2.45) is 0 Å². The van der Waals surface area contributed by atoms with Crippen molar-refractivity contribution < 1.29 is 10.0 Å². The molecule has 2 nitrogen and oxygen atoms in total. The van der Waals surface area contributed by atoms with Crippen LogP contribution in [0.1, 0.15) is 100 Å². The van der Waals surface area contributed by atoms with Crippen LogP contribution < -0.4 is 10.6 Å². The van der Waals surface area contributed by atoms with Crippen LogP contribution in [0.25, 0.3) is 22.3 Å². The zero-order chi connectivity index (χ0) is 39.0. The highest BCUT2D eigenvalue weighted by Crippen LogP contribution is 2.39. The number of hydrogen-bond acceptors (Lipinski definition) is 2. The standard InChI is InChI=1S/C26H32Si.C10H12Br2.C7H9BO2.6CH4.Br2/c1-17-9-11-22(12-10-17)25-18(2)20(4)26(21(5)19(25)3)23-13-15-24(16-14-23)27(6,7)8;1-5-6(2)10(12)8(4)7(3)9(5)11;1-6-2-4-7(5-3-6)8(9)10;;;;;;;1-2/h9-16H,1-8H3;1-4H3;2-5,9-10H,1H3;6*1H4;. The van der Waals surface area contributed by atoms with E-state index < -0.39 is 15.2 Å². The second-order valence-electron chi connectivity index (χ2n) is 14.4. The van der Waals surface area contributed by atoms with Crippen molar-refractivity contribution in [3.8, 4) is 22.3 Å². The fraction of sp³-hybridized carbons (Fsp3) is 0.388. The maximum Gasteiger partial charge on any atom is 0.488 e. The van der Waals surface area contributed by atoms with E-state index in [1.165, 1.54) is 86.5 Å². The van der Waals surface area contributed by atoms with Crippen LogP contribution in [0.5, 0.6) is 0 Å². The van der Waals surface area contributed by atoms with E-state index in [0.717, 1.165) is 5.56 Å². The summed E-state index contributed by atoms with van der Waals surface area (Å²) in [6.45, 7) is 29.0. The molecule has 5 rings (SSSR count). The van der Waals surface area contributed by atoms with Gasteiger partial charge in [-0.2, -0.15) is 0 Å². The fourth-order valence-electron chi connectivity index (χ4n) is 6.00. The third-order valence-corrected chi connectivity index (χ3v) is 14.3. The van der Waals surface area contributed by atoms with Gasteiger partial charge in [0.2, 0.25) is 0 Å². The predicted octanol–water partition coefficient (Wildman–Crippen LogP) is 16.7. The molecule has 320 valence electrons. The molecular formula is C49H77BBr4O2Si. The van der Waals surface area contributed by atoms with Gasteiger partial charge in [0.15, 0.2) is 0 Å². The average Bonchev–Trinajstić information content (AvgIpc) is 3.10. The maximum absolute atomic E-state index is 8.67. The van der Waals surface area contributed by atoms with Gasteiger partial charge in [-0.25, -0.2) is 0 Å². The molecule has 0 spiro atoms.